The fourth-order valence-corrected chi connectivity index (χ4v) is 1.47. The van der Waals surface area contributed by atoms with E-state index in [-0.39, 0.29) is 48.7 Å². The van der Waals surface area contributed by atoms with Gasteiger partial charge in [-0.25, -0.2) is 4.98 Å². The summed E-state index contributed by atoms with van der Waals surface area (Å²) in [5.74, 6) is 0. The minimum absolute atomic E-state index is 0. The van der Waals surface area contributed by atoms with Gasteiger partial charge in [-0.15, -0.1) is 11.1 Å². The van der Waals surface area contributed by atoms with E-state index in [9.17, 15) is 0 Å². The van der Waals surface area contributed by atoms with Crippen LogP contribution in [0.4, 0.5) is 0 Å². The quantitative estimate of drug-likeness (QED) is 0.199. The Balaban J connectivity index is -0.000000141. The van der Waals surface area contributed by atoms with Crippen LogP contribution >= 0.6 is 56.8 Å². The van der Waals surface area contributed by atoms with Crippen molar-refractivity contribution in [3.63, 3.8) is 0 Å². The van der Waals surface area contributed by atoms with E-state index in [4.69, 9.17) is 0 Å². The molecule has 0 saturated carbocycles. The summed E-state index contributed by atoms with van der Waals surface area (Å²) >= 11 is 13.7. The van der Waals surface area contributed by atoms with E-state index >= 15 is 0 Å². The first-order valence-corrected chi connectivity index (χ1v) is 29.2. The molecule has 3 aromatic heterocycles. The zero-order valence-electron chi connectivity index (χ0n) is 16.5. The van der Waals surface area contributed by atoms with Gasteiger partial charge in [0.15, 0.2) is 0 Å². The molecule has 3 heterocycles. The van der Waals surface area contributed by atoms with Gasteiger partial charge in [-0.3, -0.25) is 0 Å². The van der Waals surface area contributed by atoms with Crippen molar-refractivity contribution in [3.05, 3.63) is 88.7 Å². The van der Waals surface area contributed by atoms with Gasteiger partial charge in [0.25, 0.3) is 0 Å². The number of hydrogen-bond donors (Lipinski definition) is 0. The van der Waals surface area contributed by atoms with E-state index in [1.807, 2.05) is 51.2 Å². The number of hydrogen-bond acceptors (Lipinski definition) is 3. The third-order valence-corrected chi connectivity index (χ3v) is 2.87. The summed E-state index contributed by atoms with van der Waals surface area (Å²) in [6.07, 6.45) is 10.7. The summed E-state index contributed by atoms with van der Waals surface area (Å²) in [6.45, 7) is 6.02. The summed E-state index contributed by atoms with van der Waals surface area (Å²) in [6, 6.07) is 11.5. The Morgan fingerprint density at radius 2 is 1.17 bits per heavy atom. The molecular formula is C18H18Br4ClMgN3Zn2. The maximum atomic E-state index is 4.00. The number of halogens is 5. The van der Waals surface area contributed by atoms with Crippen LogP contribution in [0.5, 0.6) is 0 Å². The van der Waals surface area contributed by atoms with Crippen LogP contribution in [0.1, 0.15) is 16.7 Å². The van der Waals surface area contributed by atoms with Crippen LogP contribution in [-0.2, 0) is 29.5 Å². The Hall–Kier alpha value is 1.67. The fourth-order valence-electron chi connectivity index (χ4n) is 1.24. The molecule has 0 aliphatic heterocycles. The number of rotatable bonds is 0. The van der Waals surface area contributed by atoms with Crippen molar-refractivity contribution in [2.24, 2.45) is 0 Å². The van der Waals surface area contributed by atoms with Crippen LogP contribution in [0.25, 0.3) is 0 Å². The van der Waals surface area contributed by atoms with E-state index in [2.05, 4.69) is 84.1 Å². The summed E-state index contributed by atoms with van der Waals surface area (Å²) in [5, 5.41) is 0. The summed E-state index contributed by atoms with van der Waals surface area (Å²) in [4.78, 5) is 11.5. The monoisotopic (exact) mass is 779 g/mol. The van der Waals surface area contributed by atoms with Gasteiger partial charge in [-0.2, -0.15) is 24.3 Å². The standard InChI is InChI=1S/C6H6BrN.2C6H6N.3BrH.ClH.Mg.2Zn/c1-5-2-3-6(7)8-4-5;2*1-6-3-2-4-7-5-6;;;;;;;/h2-4H,1H3;2*2-3,5H,1H3;4*1H;;;/q;2*-1;;;;;3*+2/p-4. The molecule has 29 heavy (non-hydrogen) atoms. The van der Waals surface area contributed by atoms with Gasteiger partial charge in [-0.1, -0.05) is 44.7 Å². The first-order chi connectivity index (χ1) is 13.0. The zero-order valence-corrected chi connectivity index (χ0v) is 31.0. The molecule has 0 radical (unpaired) electrons. The molecule has 0 aliphatic rings. The molecule has 3 rings (SSSR count). The number of nitrogens with zero attached hydrogens (tertiary/aromatic N) is 3. The second-order valence-corrected chi connectivity index (χ2v) is 19.6. The summed E-state index contributed by atoms with van der Waals surface area (Å²) < 4.78 is 0.892. The van der Waals surface area contributed by atoms with Crippen molar-refractivity contribution >= 4 is 79.9 Å². The molecule has 146 valence electrons. The van der Waals surface area contributed by atoms with Crippen LogP contribution in [0, 0.1) is 33.2 Å². The Kier molecular flexibility index (Phi) is 38.8. The molecule has 0 bridgehead atoms. The molecule has 0 amide bonds. The number of aryl methyl sites for hydroxylation is 3. The number of aromatic nitrogens is 3. The van der Waals surface area contributed by atoms with Gasteiger partial charge in [-0.05, 0) is 34.5 Å². The van der Waals surface area contributed by atoms with Crippen LogP contribution in [-0.4, -0.2) is 38.0 Å². The van der Waals surface area contributed by atoms with Gasteiger partial charge in [0, 0.05) is 6.20 Å². The Morgan fingerprint density at radius 1 is 0.793 bits per heavy atom. The first-order valence-electron chi connectivity index (χ1n) is 7.53. The van der Waals surface area contributed by atoms with Crippen molar-refractivity contribution in [2.75, 3.05) is 0 Å². The molecule has 0 unspecified atom stereocenters. The fraction of sp³-hybridized carbons (Fsp3) is 0.167. The van der Waals surface area contributed by atoms with Gasteiger partial charge >= 0.3 is 93.5 Å². The molecule has 0 atom stereocenters. The zero-order chi connectivity index (χ0) is 20.9. The van der Waals surface area contributed by atoms with Gasteiger partial charge in [0.05, 0.1) is 0 Å². The van der Waals surface area contributed by atoms with Gasteiger partial charge < -0.3 is 22.4 Å². The molecular weight excluding hydrogens is 768 g/mol. The van der Waals surface area contributed by atoms with Crippen molar-refractivity contribution in [3.8, 4) is 0 Å². The van der Waals surface area contributed by atoms with Crippen LogP contribution in [0.15, 0.2) is 59.6 Å². The third-order valence-electron chi connectivity index (χ3n) is 2.40. The molecule has 0 saturated heterocycles. The van der Waals surface area contributed by atoms with Gasteiger partial charge in [0.2, 0.25) is 0 Å². The number of pyridine rings is 3. The predicted octanol–water partition coefficient (Wildman–Crippen LogP) is 3.69. The third kappa shape index (κ3) is 29.7. The molecule has 0 fully saturated rings. The first kappa shape index (κ1) is 38.0. The van der Waals surface area contributed by atoms with Crippen molar-refractivity contribution in [1.29, 1.82) is 0 Å². The van der Waals surface area contributed by atoms with E-state index < -0.39 is 0 Å². The average Bonchev–Trinajstić information content (AvgIpc) is 2.69. The van der Waals surface area contributed by atoms with Crippen LogP contribution in [0.2, 0.25) is 0 Å². The molecule has 3 aromatic rings. The SMILES string of the molecule is Cc1cc[c-]nc1.Cc1cc[c-]nc1.Cc1ccc(Br)nc1.[Br][Zn][Br].[Cl-].[Mg+2].[Zn+][Br]. The second kappa shape index (κ2) is 29.7. The predicted molar refractivity (Wildman–Crippen MR) is 125 cm³/mol. The molecule has 3 nitrogen and oxygen atoms in total. The average molecular weight is 787 g/mol. The van der Waals surface area contributed by atoms with Crippen LogP contribution in [0.3, 0.4) is 0 Å². The molecule has 0 aliphatic carbocycles. The van der Waals surface area contributed by atoms with Crippen LogP contribution < -0.4 is 12.4 Å². The maximum absolute atomic E-state index is 4.00. The van der Waals surface area contributed by atoms with Crippen molar-refractivity contribution < 1.29 is 42.0 Å². The topological polar surface area (TPSA) is 38.7 Å². The summed E-state index contributed by atoms with van der Waals surface area (Å²) in [7, 11) is 0. The van der Waals surface area contributed by atoms with E-state index in [0.717, 1.165) is 4.60 Å². The van der Waals surface area contributed by atoms with E-state index in [0.29, 0.717) is 0 Å². The van der Waals surface area contributed by atoms with Gasteiger partial charge in [0.1, 0.15) is 4.60 Å². The van der Waals surface area contributed by atoms with E-state index in [1.54, 1.807) is 24.5 Å². The molecule has 0 spiro atoms. The Labute approximate surface area is 242 Å². The van der Waals surface area contributed by atoms with E-state index in [1.165, 1.54) is 33.0 Å². The Bertz CT molecular complexity index is 614. The normalized spacial score (nSPS) is 7.34. The molecule has 11 heteroatoms. The molecule has 0 N–H and O–H groups in total. The van der Waals surface area contributed by atoms with Crippen molar-refractivity contribution in [1.82, 2.24) is 15.0 Å². The Morgan fingerprint density at radius 3 is 1.34 bits per heavy atom. The van der Waals surface area contributed by atoms with Crippen molar-refractivity contribution in [2.45, 2.75) is 20.8 Å². The summed E-state index contributed by atoms with van der Waals surface area (Å²) in [5.41, 5.74) is 3.55. The molecule has 0 aromatic carbocycles. The minimum atomic E-state index is -0.250. The second-order valence-electron chi connectivity index (χ2n) is 4.69.